The van der Waals surface area contributed by atoms with E-state index >= 15 is 0 Å². The van der Waals surface area contributed by atoms with Crippen LogP contribution in [-0.2, 0) is 10.0 Å². The van der Waals surface area contributed by atoms with Crippen LogP contribution in [0.1, 0.15) is 10.6 Å². The van der Waals surface area contributed by atoms with E-state index in [2.05, 4.69) is 10.1 Å². The van der Waals surface area contributed by atoms with Gasteiger partial charge in [-0.3, -0.25) is 0 Å². The fourth-order valence-electron chi connectivity index (χ4n) is 1.41. The maximum Gasteiger partial charge on any atom is 0.375 e. The molecule has 0 aliphatic rings. The van der Waals surface area contributed by atoms with Crippen molar-refractivity contribution in [2.24, 2.45) is 5.14 Å². The summed E-state index contributed by atoms with van der Waals surface area (Å²) in [6, 6.07) is 2.72. The second-order valence-electron chi connectivity index (χ2n) is 3.55. The number of sulfonamides is 1. The van der Waals surface area contributed by atoms with Gasteiger partial charge in [-0.15, -0.1) is 5.10 Å². The predicted molar refractivity (Wildman–Crippen MR) is 59.6 cm³/mol. The van der Waals surface area contributed by atoms with Gasteiger partial charge in [-0.1, -0.05) is 6.07 Å². The molecule has 1 heterocycles. The summed E-state index contributed by atoms with van der Waals surface area (Å²) in [5, 5.41) is 15.7. The van der Waals surface area contributed by atoms with Crippen molar-refractivity contribution >= 4 is 16.0 Å². The molecule has 0 radical (unpaired) electrons. The van der Waals surface area contributed by atoms with Crippen LogP contribution < -0.4 is 5.14 Å². The number of hydrogen-bond donors (Lipinski definition) is 2. The molecule has 0 bridgehead atoms. The van der Waals surface area contributed by atoms with Crippen LogP contribution in [0.5, 0.6) is 0 Å². The van der Waals surface area contributed by atoms with E-state index in [1.54, 1.807) is 0 Å². The molecule has 0 saturated carbocycles. The van der Waals surface area contributed by atoms with E-state index < -0.39 is 44.3 Å². The Bertz CT molecular complexity index is 782. The van der Waals surface area contributed by atoms with E-state index in [-0.39, 0.29) is 4.68 Å². The molecule has 0 aliphatic carbocycles. The monoisotopic (exact) mass is 304 g/mol. The van der Waals surface area contributed by atoms with Crippen molar-refractivity contribution in [3.63, 3.8) is 0 Å². The minimum absolute atomic E-state index is 0.198. The molecule has 0 atom stereocenters. The molecule has 106 valence electrons. The number of rotatable bonds is 3. The molecule has 0 amide bonds. The average molecular weight is 304 g/mol. The first kappa shape index (κ1) is 14.0. The molecule has 0 aliphatic heterocycles. The third-order valence-electron chi connectivity index (χ3n) is 2.17. The number of para-hydroxylation sites is 1. The lowest BCUT2D eigenvalue weighted by Crippen LogP contribution is -2.19. The highest BCUT2D eigenvalue weighted by Gasteiger charge is 2.27. The lowest BCUT2D eigenvalue weighted by atomic mass is 10.3. The van der Waals surface area contributed by atoms with Crippen LogP contribution in [0.3, 0.4) is 0 Å². The molecule has 0 spiro atoms. The average Bonchev–Trinajstić information content (AvgIpc) is 2.73. The Morgan fingerprint density at radius 1 is 1.30 bits per heavy atom. The topological polar surface area (TPSA) is 128 Å². The van der Waals surface area contributed by atoms with Crippen molar-refractivity contribution in [3.05, 3.63) is 35.7 Å². The number of aromatic nitrogens is 3. The Kier molecular flexibility index (Phi) is 3.23. The van der Waals surface area contributed by atoms with Gasteiger partial charge in [-0.2, -0.15) is 9.67 Å². The van der Waals surface area contributed by atoms with Gasteiger partial charge in [0, 0.05) is 0 Å². The molecule has 1 aromatic carbocycles. The van der Waals surface area contributed by atoms with Crippen molar-refractivity contribution < 1.29 is 27.1 Å². The Hall–Kier alpha value is -2.40. The van der Waals surface area contributed by atoms with Crippen LogP contribution in [0.4, 0.5) is 8.78 Å². The molecule has 0 fully saturated rings. The molecular weight excluding hydrogens is 298 g/mol. The van der Waals surface area contributed by atoms with Gasteiger partial charge in [0.05, 0.1) is 0 Å². The summed E-state index contributed by atoms with van der Waals surface area (Å²) in [4.78, 5) is 13.9. The molecule has 3 N–H and O–H groups in total. The third kappa shape index (κ3) is 2.35. The predicted octanol–water partition coefficient (Wildman–Crippen LogP) is -0.109. The van der Waals surface area contributed by atoms with Crippen LogP contribution in [-0.4, -0.2) is 34.3 Å². The first-order valence-corrected chi connectivity index (χ1v) is 6.44. The number of aromatic carboxylic acids is 1. The van der Waals surface area contributed by atoms with Crippen LogP contribution >= 0.6 is 0 Å². The number of nitrogens with two attached hydrogens (primary N) is 1. The number of primary sulfonamides is 1. The van der Waals surface area contributed by atoms with E-state index in [0.717, 1.165) is 18.2 Å². The number of carboxylic acid groups (broad SMARTS) is 1. The van der Waals surface area contributed by atoms with E-state index in [1.807, 2.05) is 0 Å². The van der Waals surface area contributed by atoms with Crippen molar-refractivity contribution in [2.45, 2.75) is 5.16 Å². The number of halogens is 2. The molecular formula is C9H6F2N4O4S. The highest BCUT2D eigenvalue weighted by molar-refractivity contribution is 7.89. The largest absolute Gasteiger partial charge is 0.475 e. The summed E-state index contributed by atoms with van der Waals surface area (Å²) in [6.07, 6.45) is 0. The van der Waals surface area contributed by atoms with Crippen molar-refractivity contribution in [1.82, 2.24) is 14.8 Å². The summed E-state index contributed by atoms with van der Waals surface area (Å²) < 4.78 is 50.0. The molecule has 2 aromatic rings. The number of benzene rings is 1. The first-order chi connectivity index (χ1) is 9.21. The zero-order valence-electron chi connectivity index (χ0n) is 9.49. The first-order valence-electron chi connectivity index (χ1n) is 4.89. The number of carboxylic acids is 1. The quantitative estimate of drug-likeness (QED) is 0.814. The van der Waals surface area contributed by atoms with Gasteiger partial charge in [-0.25, -0.2) is 27.1 Å². The molecule has 20 heavy (non-hydrogen) atoms. The van der Waals surface area contributed by atoms with Gasteiger partial charge in [0.2, 0.25) is 0 Å². The molecule has 11 heteroatoms. The van der Waals surface area contributed by atoms with Crippen molar-refractivity contribution in [3.8, 4) is 5.69 Å². The maximum atomic E-state index is 13.6. The Morgan fingerprint density at radius 2 is 1.85 bits per heavy atom. The molecule has 0 saturated heterocycles. The van der Waals surface area contributed by atoms with Crippen LogP contribution in [0, 0.1) is 11.6 Å². The number of hydrogen-bond acceptors (Lipinski definition) is 5. The highest BCUT2D eigenvalue weighted by Crippen LogP contribution is 2.20. The van der Waals surface area contributed by atoms with Crippen LogP contribution in [0.25, 0.3) is 5.69 Å². The van der Waals surface area contributed by atoms with Crippen molar-refractivity contribution in [1.29, 1.82) is 0 Å². The minimum Gasteiger partial charge on any atom is -0.475 e. The maximum absolute atomic E-state index is 13.6. The minimum atomic E-state index is -4.54. The van der Waals surface area contributed by atoms with Gasteiger partial charge in [0.1, 0.15) is 5.69 Å². The smallest absolute Gasteiger partial charge is 0.375 e. The third-order valence-corrected chi connectivity index (χ3v) is 2.95. The van der Waals surface area contributed by atoms with E-state index in [0.29, 0.717) is 0 Å². The van der Waals surface area contributed by atoms with Gasteiger partial charge in [0.15, 0.2) is 11.6 Å². The lowest BCUT2D eigenvalue weighted by Gasteiger charge is -2.06. The van der Waals surface area contributed by atoms with Gasteiger partial charge >= 0.3 is 5.97 Å². The van der Waals surface area contributed by atoms with E-state index in [4.69, 9.17) is 10.2 Å². The van der Waals surface area contributed by atoms with Gasteiger partial charge < -0.3 is 5.11 Å². The van der Waals surface area contributed by atoms with Crippen LogP contribution in [0.15, 0.2) is 23.4 Å². The zero-order chi connectivity index (χ0) is 15.1. The summed E-state index contributed by atoms with van der Waals surface area (Å²) in [5.41, 5.74) is -0.892. The molecule has 1 aromatic heterocycles. The van der Waals surface area contributed by atoms with Crippen LogP contribution in [0.2, 0.25) is 0 Å². The fourth-order valence-corrected chi connectivity index (χ4v) is 2.00. The standard InChI is InChI=1S/C9H6F2N4O4S/c10-4-2-1-3-5(11)6(4)15-9(20(12,18)19)13-7(14-15)8(16)17/h1-3H,(H,16,17)(H2,12,18,19). The summed E-state index contributed by atoms with van der Waals surface area (Å²) in [6.45, 7) is 0. The van der Waals surface area contributed by atoms with E-state index in [1.165, 1.54) is 0 Å². The molecule has 8 nitrogen and oxygen atoms in total. The summed E-state index contributed by atoms with van der Waals surface area (Å²) in [7, 11) is -4.54. The Labute approximate surface area is 110 Å². The Balaban J connectivity index is 2.83. The normalized spacial score (nSPS) is 11.6. The summed E-state index contributed by atoms with van der Waals surface area (Å²) in [5.74, 6) is -4.95. The SMILES string of the molecule is NS(=O)(=O)c1nc(C(=O)O)nn1-c1c(F)cccc1F. The van der Waals surface area contributed by atoms with Gasteiger partial charge in [0.25, 0.3) is 21.0 Å². The summed E-state index contributed by atoms with van der Waals surface area (Å²) >= 11 is 0. The zero-order valence-corrected chi connectivity index (χ0v) is 10.3. The Morgan fingerprint density at radius 3 is 2.30 bits per heavy atom. The number of carbonyl (C=O) groups is 1. The molecule has 2 rings (SSSR count). The number of nitrogens with zero attached hydrogens (tertiary/aromatic N) is 3. The van der Waals surface area contributed by atoms with Gasteiger partial charge in [-0.05, 0) is 12.1 Å². The van der Waals surface area contributed by atoms with Crippen molar-refractivity contribution in [2.75, 3.05) is 0 Å². The molecule has 0 unspecified atom stereocenters. The second kappa shape index (κ2) is 4.61. The lowest BCUT2D eigenvalue weighted by molar-refractivity contribution is 0.0683. The fraction of sp³-hybridized carbons (Fsp3) is 0. The second-order valence-corrected chi connectivity index (χ2v) is 5.01. The van der Waals surface area contributed by atoms with E-state index in [9.17, 15) is 22.0 Å². The highest BCUT2D eigenvalue weighted by atomic mass is 32.2.